The molecular weight excluding hydrogens is 438 g/mol. The Morgan fingerprint density at radius 3 is 2.76 bits per heavy atom. The van der Waals surface area contributed by atoms with Gasteiger partial charge in [0.05, 0.1) is 22.3 Å². The van der Waals surface area contributed by atoms with Gasteiger partial charge in [-0.05, 0) is 55.3 Å². The van der Waals surface area contributed by atoms with Crippen molar-refractivity contribution < 1.29 is 14.3 Å². The van der Waals surface area contributed by atoms with Crippen molar-refractivity contribution in [3.8, 4) is 17.2 Å². The summed E-state index contributed by atoms with van der Waals surface area (Å²) in [6.45, 7) is 4.16. The molecule has 1 amide bonds. The third kappa shape index (κ3) is 4.05. The lowest BCUT2D eigenvalue weighted by molar-refractivity contribution is -0.113. The number of amides is 1. The molecule has 1 aliphatic heterocycles. The molecule has 33 heavy (non-hydrogen) atoms. The van der Waals surface area contributed by atoms with Crippen LogP contribution in [0, 0.1) is 13.8 Å². The molecule has 1 N–H and O–H groups in total. The molecular formula is C25H21N3O4S. The summed E-state index contributed by atoms with van der Waals surface area (Å²) >= 11 is 1.22. The zero-order valence-corrected chi connectivity index (χ0v) is 18.9. The fraction of sp³-hybridized carbons (Fsp3) is 0.160. The van der Waals surface area contributed by atoms with Gasteiger partial charge in [0.2, 0.25) is 12.7 Å². The minimum Gasteiger partial charge on any atom is -0.454 e. The van der Waals surface area contributed by atoms with Gasteiger partial charge in [-0.15, -0.1) is 0 Å². The predicted molar refractivity (Wildman–Crippen MR) is 129 cm³/mol. The third-order valence-corrected chi connectivity index (χ3v) is 6.49. The zero-order chi connectivity index (χ0) is 22.9. The highest BCUT2D eigenvalue weighted by atomic mass is 32.2. The van der Waals surface area contributed by atoms with Crippen molar-refractivity contribution in [1.29, 1.82) is 0 Å². The highest BCUT2D eigenvalue weighted by Crippen LogP contribution is 2.34. The summed E-state index contributed by atoms with van der Waals surface area (Å²) in [5.41, 5.74) is 3.88. The van der Waals surface area contributed by atoms with Crippen molar-refractivity contribution in [3.63, 3.8) is 0 Å². The zero-order valence-electron chi connectivity index (χ0n) is 18.1. The minimum atomic E-state index is -0.214. The maximum Gasteiger partial charge on any atom is 0.266 e. The van der Waals surface area contributed by atoms with E-state index in [1.165, 1.54) is 11.8 Å². The van der Waals surface area contributed by atoms with E-state index in [0.29, 0.717) is 33.2 Å². The first-order valence-corrected chi connectivity index (χ1v) is 11.4. The van der Waals surface area contributed by atoms with Crippen molar-refractivity contribution in [3.05, 3.63) is 82.1 Å². The number of aryl methyl sites for hydroxylation is 1. The molecule has 0 spiro atoms. The number of hydrogen-bond acceptors (Lipinski definition) is 6. The van der Waals surface area contributed by atoms with E-state index in [2.05, 4.69) is 5.32 Å². The number of thioether (sulfide) groups is 1. The van der Waals surface area contributed by atoms with Crippen LogP contribution in [-0.2, 0) is 4.79 Å². The molecule has 0 saturated carbocycles. The van der Waals surface area contributed by atoms with E-state index >= 15 is 0 Å². The van der Waals surface area contributed by atoms with Crippen LogP contribution in [0.1, 0.15) is 11.1 Å². The molecule has 1 aliphatic rings. The first kappa shape index (κ1) is 21.1. The molecule has 1 aromatic heterocycles. The smallest absolute Gasteiger partial charge is 0.266 e. The minimum absolute atomic E-state index is 0.0874. The molecule has 0 fully saturated rings. The van der Waals surface area contributed by atoms with Gasteiger partial charge in [0.25, 0.3) is 5.56 Å². The molecule has 0 bridgehead atoms. The standard InChI is InChI=1S/C25H21N3O4S/c1-15-6-5-9-20(16(15)2)28-24(30)18-7-3-4-8-19(18)27-25(28)33-13-23(29)26-17-10-11-21-22(12-17)32-14-31-21/h3-12H,13-14H2,1-2H3,(H,26,29). The quantitative estimate of drug-likeness (QED) is 0.350. The fourth-order valence-corrected chi connectivity index (χ4v) is 4.51. The van der Waals surface area contributed by atoms with Crippen LogP contribution in [0.4, 0.5) is 5.69 Å². The topological polar surface area (TPSA) is 82.5 Å². The molecule has 0 unspecified atom stereocenters. The van der Waals surface area contributed by atoms with Gasteiger partial charge >= 0.3 is 0 Å². The lowest BCUT2D eigenvalue weighted by atomic mass is 10.1. The van der Waals surface area contributed by atoms with Crippen LogP contribution in [-0.4, -0.2) is 28.0 Å². The summed E-state index contributed by atoms with van der Waals surface area (Å²) in [7, 11) is 0. The second kappa shape index (κ2) is 8.63. The number of benzene rings is 3. The molecule has 0 atom stereocenters. The van der Waals surface area contributed by atoms with E-state index in [1.807, 2.05) is 44.2 Å². The first-order valence-electron chi connectivity index (χ1n) is 10.4. The number of nitrogens with zero attached hydrogens (tertiary/aromatic N) is 2. The number of anilines is 1. The number of fused-ring (bicyclic) bond motifs is 2. The van der Waals surface area contributed by atoms with Gasteiger partial charge in [0.15, 0.2) is 16.7 Å². The summed E-state index contributed by atoms with van der Waals surface area (Å²) in [6.07, 6.45) is 0. The Labute approximate surface area is 194 Å². The van der Waals surface area contributed by atoms with Gasteiger partial charge in [-0.3, -0.25) is 14.2 Å². The molecule has 7 nitrogen and oxygen atoms in total. The monoisotopic (exact) mass is 459 g/mol. The predicted octanol–water partition coefficient (Wildman–Crippen LogP) is 4.46. The van der Waals surface area contributed by atoms with E-state index in [0.717, 1.165) is 16.8 Å². The lowest BCUT2D eigenvalue weighted by Gasteiger charge is -2.16. The number of ether oxygens (including phenoxy) is 2. The van der Waals surface area contributed by atoms with Crippen molar-refractivity contribution >= 4 is 34.3 Å². The van der Waals surface area contributed by atoms with E-state index in [4.69, 9.17) is 14.5 Å². The Bertz CT molecular complexity index is 1450. The van der Waals surface area contributed by atoms with Crippen LogP contribution in [0.2, 0.25) is 0 Å². The van der Waals surface area contributed by atoms with Crippen molar-refractivity contribution in [1.82, 2.24) is 9.55 Å². The second-order valence-electron chi connectivity index (χ2n) is 7.68. The average Bonchev–Trinajstić information content (AvgIpc) is 3.28. The third-order valence-electron chi connectivity index (χ3n) is 5.55. The van der Waals surface area contributed by atoms with Gasteiger partial charge in [-0.2, -0.15) is 0 Å². The van der Waals surface area contributed by atoms with Crippen molar-refractivity contribution in [2.45, 2.75) is 19.0 Å². The Hall–Kier alpha value is -3.78. The highest BCUT2D eigenvalue weighted by Gasteiger charge is 2.18. The van der Waals surface area contributed by atoms with Gasteiger partial charge in [0.1, 0.15) is 0 Å². The largest absolute Gasteiger partial charge is 0.454 e. The summed E-state index contributed by atoms with van der Waals surface area (Å²) in [6, 6.07) is 18.3. The highest BCUT2D eigenvalue weighted by molar-refractivity contribution is 7.99. The number of carbonyl (C=O) groups excluding carboxylic acids is 1. The number of hydrogen-bond donors (Lipinski definition) is 1. The second-order valence-corrected chi connectivity index (χ2v) is 8.62. The van der Waals surface area contributed by atoms with Crippen molar-refractivity contribution in [2.75, 3.05) is 17.9 Å². The Morgan fingerprint density at radius 1 is 1.06 bits per heavy atom. The Morgan fingerprint density at radius 2 is 1.88 bits per heavy atom. The summed E-state index contributed by atoms with van der Waals surface area (Å²) in [5, 5.41) is 3.86. The van der Waals surface area contributed by atoms with E-state index in [-0.39, 0.29) is 24.0 Å². The molecule has 0 saturated heterocycles. The number of rotatable bonds is 5. The van der Waals surface area contributed by atoms with E-state index in [9.17, 15) is 9.59 Å². The van der Waals surface area contributed by atoms with Crippen LogP contribution in [0.25, 0.3) is 16.6 Å². The molecule has 0 radical (unpaired) electrons. The van der Waals surface area contributed by atoms with Gasteiger partial charge in [-0.1, -0.05) is 36.0 Å². The van der Waals surface area contributed by atoms with Crippen LogP contribution >= 0.6 is 11.8 Å². The molecule has 2 heterocycles. The van der Waals surface area contributed by atoms with Crippen LogP contribution < -0.4 is 20.3 Å². The molecule has 5 rings (SSSR count). The molecule has 3 aromatic carbocycles. The summed E-state index contributed by atoms with van der Waals surface area (Å²) in [4.78, 5) is 30.8. The first-order chi connectivity index (χ1) is 16.0. The Kier molecular flexibility index (Phi) is 5.51. The summed E-state index contributed by atoms with van der Waals surface area (Å²) < 4.78 is 12.3. The van der Waals surface area contributed by atoms with Crippen LogP contribution in [0.3, 0.4) is 0 Å². The van der Waals surface area contributed by atoms with E-state index < -0.39 is 0 Å². The molecule has 166 valence electrons. The average molecular weight is 460 g/mol. The van der Waals surface area contributed by atoms with Crippen LogP contribution in [0.5, 0.6) is 11.5 Å². The molecule has 0 aliphatic carbocycles. The maximum atomic E-state index is 13.4. The summed E-state index contributed by atoms with van der Waals surface area (Å²) in [5.74, 6) is 1.12. The Balaban J connectivity index is 1.46. The lowest BCUT2D eigenvalue weighted by Crippen LogP contribution is -2.23. The number of carbonyl (C=O) groups is 1. The number of nitrogens with one attached hydrogen (secondary N) is 1. The van der Waals surface area contributed by atoms with Crippen molar-refractivity contribution in [2.24, 2.45) is 0 Å². The number of aromatic nitrogens is 2. The number of para-hydroxylation sites is 1. The fourth-order valence-electron chi connectivity index (χ4n) is 3.70. The SMILES string of the molecule is Cc1cccc(-n2c(SCC(=O)Nc3ccc4c(c3)OCO4)nc3ccccc3c2=O)c1C. The molecule has 4 aromatic rings. The van der Waals surface area contributed by atoms with Gasteiger partial charge in [0, 0.05) is 11.8 Å². The van der Waals surface area contributed by atoms with Gasteiger partial charge < -0.3 is 14.8 Å². The van der Waals surface area contributed by atoms with E-state index in [1.54, 1.807) is 34.9 Å². The molecule has 8 heteroatoms. The van der Waals surface area contributed by atoms with Crippen LogP contribution in [0.15, 0.2) is 70.6 Å². The normalized spacial score (nSPS) is 12.2. The maximum absolute atomic E-state index is 13.4. The van der Waals surface area contributed by atoms with Gasteiger partial charge in [-0.25, -0.2) is 4.98 Å².